The summed E-state index contributed by atoms with van der Waals surface area (Å²) in [6.07, 6.45) is 1.96. The molecule has 1 aliphatic rings. The highest BCUT2D eigenvalue weighted by Crippen LogP contribution is 2.28. The van der Waals surface area contributed by atoms with Crippen molar-refractivity contribution in [3.05, 3.63) is 28.5 Å². The lowest BCUT2D eigenvalue weighted by atomic mass is 10.1. The van der Waals surface area contributed by atoms with Gasteiger partial charge in [0.25, 0.3) is 5.91 Å². The lowest BCUT2D eigenvalue weighted by Crippen LogP contribution is -2.35. The molecule has 0 spiro atoms. The Kier molecular flexibility index (Phi) is 5.17. The molecule has 2 N–H and O–H groups in total. The van der Waals surface area contributed by atoms with Crippen LogP contribution in [0.25, 0.3) is 0 Å². The standard InChI is InChI=1S/C15H20ClN3O2/c1-9(2)12-7-11(8-13(16)19-12)15(21)18-6-5-17-14(20)10-3-4-10/h7-10H,3-6H2,1-2H3,(H,17,20)(H,18,21). The summed E-state index contributed by atoms with van der Waals surface area (Å²) in [4.78, 5) is 27.7. The first-order chi connectivity index (χ1) is 9.97. The molecule has 1 aromatic rings. The van der Waals surface area contributed by atoms with Crippen LogP contribution in [0.3, 0.4) is 0 Å². The van der Waals surface area contributed by atoms with Gasteiger partial charge in [-0.3, -0.25) is 9.59 Å². The van der Waals surface area contributed by atoms with Gasteiger partial charge in [-0.25, -0.2) is 4.98 Å². The molecule has 2 amide bonds. The van der Waals surface area contributed by atoms with Gasteiger partial charge in [-0.15, -0.1) is 0 Å². The molecule has 0 radical (unpaired) electrons. The highest BCUT2D eigenvalue weighted by molar-refractivity contribution is 6.29. The zero-order valence-electron chi connectivity index (χ0n) is 12.3. The zero-order valence-corrected chi connectivity index (χ0v) is 13.0. The number of carbonyl (C=O) groups is 2. The molecule has 114 valence electrons. The van der Waals surface area contributed by atoms with E-state index in [2.05, 4.69) is 15.6 Å². The number of hydrogen-bond donors (Lipinski definition) is 2. The first kappa shape index (κ1) is 15.8. The monoisotopic (exact) mass is 309 g/mol. The molecule has 0 bridgehead atoms. The molecule has 0 unspecified atom stereocenters. The van der Waals surface area contributed by atoms with Gasteiger partial charge in [-0.2, -0.15) is 0 Å². The predicted molar refractivity (Wildman–Crippen MR) is 81.4 cm³/mol. The zero-order chi connectivity index (χ0) is 15.4. The Morgan fingerprint density at radius 1 is 1.29 bits per heavy atom. The maximum absolute atomic E-state index is 12.1. The largest absolute Gasteiger partial charge is 0.354 e. The molecule has 21 heavy (non-hydrogen) atoms. The summed E-state index contributed by atoms with van der Waals surface area (Å²) in [5.41, 5.74) is 1.28. The van der Waals surface area contributed by atoms with Gasteiger partial charge in [0.1, 0.15) is 5.15 Å². The third-order valence-corrected chi connectivity index (χ3v) is 3.52. The molecule has 0 aliphatic heterocycles. The third kappa shape index (κ3) is 4.70. The van der Waals surface area contributed by atoms with Crippen molar-refractivity contribution in [3.8, 4) is 0 Å². The van der Waals surface area contributed by atoms with E-state index in [0.29, 0.717) is 23.8 Å². The van der Waals surface area contributed by atoms with E-state index in [-0.39, 0.29) is 23.7 Å². The minimum absolute atomic E-state index is 0.0818. The van der Waals surface area contributed by atoms with Gasteiger partial charge in [0.05, 0.1) is 0 Å². The van der Waals surface area contributed by atoms with Crippen LogP contribution in [-0.2, 0) is 4.79 Å². The van der Waals surface area contributed by atoms with Gasteiger partial charge >= 0.3 is 0 Å². The fourth-order valence-electron chi connectivity index (χ4n) is 1.90. The molecule has 1 fully saturated rings. The Morgan fingerprint density at radius 3 is 2.57 bits per heavy atom. The summed E-state index contributed by atoms with van der Waals surface area (Å²) in [6, 6.07) is 3.29. The van der Waals surface area contributed by atoms with E-state index in [1.165, 1.54) is 0 Å². The van der Waals surface area contributed by atoms with Gasteiger partial charge in [-0.05, 0) is 30.9 Å². The van der Waals surface area contributed by atoms with Crippen molar-refractivity contribution in [2.45, 2.75) is 32.6 Å². The second-order valence-corrected chi connectivity index (χ2v) is 5.97. The summed E-state index contributed by atoms with van der Waals surface area (Å²) >= 11 is 5.93. The number of halogens is 1. The summed E-state index contributed by atoms with van der Waals surface area (Å²) in [5, 5.41) is 5.88. The summed E-state index contributed by atoms with van der Waals surface area (Å²) in [5.74, 6) is 0.265. The highest BCUT2D eigenvalue weighted by Gasteiger charge is 2.28. The fraction of sp³-hybridized carbons (Fsp3) is 0.533. The molecular formula is C15H20ClN3O2. The van der Waals surface area contributed by atoms with E-state index in [9.17, 15) is 9.59 Å². The Bertz CT molecular complexity index is 542. The molecule has 1 aliphatic carbocycles. The number of nitrogens with zero attached hydrogens (tertiary/aromatic N) is 1. The Morgan fingerprint density at radius 2 is 1.95 bits per heavy atom. The molecule has 1 aromatic heterocycles. The van der Waals surface area contributed by atoms with Crippen molar-refractivity contribution in [2.24, 2.45) is 5.92 Å². The van der Waals surface area contributed by atoms with Crippen LogP contribution in [0.1, 0.15) is 48.7 Å². The van der Waals surface area contributed by atoms with Crippen LogP contribution in [0, 0.1) is 5.92 Å². The number of pyridine rings is 1. The van der Waals surface area contributed by atoms with Crippen molar-refractivity contribution in [1.29, 1.82) is 0 Å². The van der Waals surface area contributed by atoms with Crippen molar-refractivity contribution in [3.63, 3.8) is 0 Å². The maximum Gasteiger partial charge on any atom is 0.251 e. The van der Waals surface area contributed by atoms with Crippen LogP contribution in [-0.4, -0.2) is 29.9 Å². The first-order valence-corrected chi connectivity index (χ1v) is 7.58. The molecule has 1 saturated carbocycles. The second kappa shape index (κ2) is 6.89. The predicted octanol–water partition coefficient (Wildman–Crippen LogP) is 2.11. The molecule has 0 saturated heterocycles. The Labute approximate surface area is 129 Å². The average Bonchev–Trinajstić information content (AvgIpc) is 3.26. The molecule has 6 heteroatoms. The number of carbonyl (C=O) groups excluding carboxylic acids is 2. The lowest BCUT2D eigenvalue weighted by molar-refractivity contribution is -0.122. The molecule has 2 rings (SSSR count). The van der Waals surface area contributed by atoms with Crippen molar-refractivity contribution < 1.29 is 9.59 Å². The number of aromatic nitrogens is 1. The van der Waals surface area contributed by atoms with Crippen LogP contribution in [0.5, 0.6) is 0 Å². The first-order valence-electron chi connectivity index (χ1n) is 7.20. The number of nitrogens with one attached hydrogen (secondary N) is 2. The van der Waals surface area contributed by atoms with Gasteiger partial charge in [0, 0.05) is 30.3 Å². The molecule has 0 aromatic carbocycles. The van der Waals surface area contributed by atoms with Crippen LogP contribution in [0.4, 0.5) is 0 Å². The van der Waals surface area contributed by atoms with Gasteiger partial charge in [-0.1, -0.05) is 25.4 Å². The van der Waals surface area contributed by atoms with E-state index >= 15 is 0 Å². The normalized spacial score (nSPS) is 14.1. The van der Waals surface area contributed by atoms with Gasteiger partial charge < -0.3 is 10.6 Å². The number of hydrogen-bond acceptors (Lipinski definition) is 3. The van der Waals surface area contributed by atoms with Crippen molar-refractivity contribution in [1.82, 2.24) is 15.6 Å². The van der Waals surface area contributed by atoms with E-state index in [0.717, 1.165) is 18.5 Å². The summed E-state index contributed by atoms with van der Waals surface area (Å²) in [7, 11) is 0. The Hall–Kier alpha value is -1.62. The third-order valence-electron chi connectivity index (χ3n) is 3.33. The SMILES string of the molecule is CC(C)c1cc(C(=O)NCCNC(=O)C2CC2)cc(Cl)n1. The lowest BCUT2D eigenvalue weighted by Gasteiger charge is -2.10. The average molecular weight is 310 g/mol. The van der Waals surface area contributed by atoms with E-state index in [4.69, 9.17) is 11.6 Å². The molecule has 1 heterocycles. The van der Waals surface area contributed by atoms with E-state index < -0.39 is 0 Å². The highest BCUT2D eigenvalue weighted by atomic mass is 35.5. The van der Waals surface area contributed by atoms with Crippen LogP contribution in [0.2, 0.25) is 5.15 Å². The van der Waals surface area contributed by atoms with Gasteiger partial charge in [0.15, 0.2) is 0 Å². The molecule has 5 nitrogen and oxygen atoms in total. The van der Waals surface area contributed by atoms with Crippen LogP contribution < -0.4 is 10.6 Å². The smallest absolute Gasteiger partial charge is 0.251 e. The minimum Gasteiger partial charge on any atom is -0.354 e. The van der Waals surface area contributed by atoms with E-state index in [1.807, 2.05) is 13.8 Å². The number of rotatable bonds is 6. The van der Waals surface area contributed by atoms with Crippen LogP contribution in [0.15, 0.2) is 12.1 Å². The maximum atomic E-state index is 12.1. The molecular weight excluding hydrogens is 290 g/mol. The summed E-state index contributed by atoms with van der Waals surface area (Å²) < 4.78 is 0. The van der Waals surface area contributed by atoms with Gasteiger partial charge in [0.2, 0.25) is 5.91 Å². The fourth-order valence-corrected chi connectivity index (χ4v) is 2.11. The van der Waals surface area contributed by atoms with E-state index in [1.54, 1.807) is 12.1 Å². The quantitative estimate of drug-likeness (QED) is 0.624. The van der Waals surface area contributed by atoms with Crippen molar-refractivity contribution in [2.75, 3.05) is 13.1 Å². The topological polar surface area (TPSA) is 71.1 Å². The number of amides is 2. The van der Waals surface area contributed by atoms with Crippen molar-refractivity contribution >= 4 is 23.4 Å². The van der Waals surface area contributed by atoms with Crippen LogP contribution >= 0.6 is 11.6 Å². The summed E-state index contributed by atoms with van der Waals surface area (Å²) in [6.45, 7) is 4.83. The Balaban J connectivity index is 1.83. The second-order valence-electron chi connectivity index (χ2n) is 5.58. The minimum atomic E-state index is -0.207. The molecule has 0 atom stereocenters.